The Morgan fingerprint density at radius 1 is 1.18 bits per heavy atom. The standard InChI is InChI=1S/C26H31BrClN7OS2/c1-25(2,3)38(36)34-21-17-12-16(27)5-4-15(17)13-26(21)7-10-35(11-8-26)19-14-32-24(23(30)33-19)37-18-6-9-31-22(29)20(18)28/h4-6,9,12,14,21,34H,7-8,10-11,13H2,1-3H3,(H2,29,31)(H2,30,33)/t21-,38-/m1/s1. The number of hydrogen-bond donors (Lipinski definition) is 3. The molecule has 202 valence electrons. The Hall–Kier alpha value is -1.76. The lowest BCUT2D eigenvalue weighted by Gasteiger charge is -2.44. The van der Waals surface area contributed by atoms with Crippen molar-refractivity contribution < 1.29 is 4.55 Å². The van der Waals surface area contributed by atoms with E-state index in [-0.39, 0.29) is 22.0 Å². The number of pyridine rings is 1. The van der Waals surface area contributed by atoms with Crippen molar-refractivity contribution in [2.24, 2.45) is 5.41 Å². The van der Waals surface area contributed by atoms with Gasteiger partial charge in [0, 0.05) is 45.4 Å². The predicted molar refractivity (Wildman–Crippen MR) is 160 cm³/mol. The van der Waals surface area contributed by atoms with Gasteiger partial charge in [-0.3, -0.25) is 0 Å². The second-order valence-corrected chi connectivity index (χ2v) is 15.2. The maximum absolute atomic E-state index is 13.2. The zero-order valence-electron chi connectivity index (χ0n) is 21.5. The average molecular weight is 637 g/mol. The van der Waals surface area contributed by atoms with Crippen LogP contribution in [0, 0.1) is 5.41 Å². The first-order valence-corrected chi connectivity index (χ1v) is 15.5. The quantitative estimate of drug-likeness (QED) is 0.309. The van der Waals surface area contributed by atoms with Crippen LogP contribution in [0.5, 0.6) is 0 Å². The zero-order valence-corrected chi connectivity index (χ0v) is 25.5. The monoisotopic (exact) mass is 635 g/mol. The SMILES string of the molecule is CC(C)(C)[S@@+]([O-])N[C@@H]1c2cc(Br)ccc2CC12CCN(c1cnc(Sc3ccnc(N)c3Cl)c(N)n1)CC2. The summed E-state index contributed by atoms with van der Waals surface area (Å²) in [5.74, 6) is 1.36. The van der Waals surface area contributed by atoms with Gasteiger partial charge in [0.25, 0.3) is 0 Å². The Kier molecular flexibility index (Phi) is 7.80. The molecule has 1 aliphatic heterocycles. The number of benzene rings is 1. The summed E-state index contributed by atoms with van der Waals surface area (Å²) in [4.78, 5) is 16.2. The number of halogens is 2. The first-order valence-electron chi connectivity index (χ1n) is 12.4. The van der Waals surface area contributed by atoms with Crippen molar-refractivity contribution in [3.63, 3.8) is 0 Å². The van der Waals surface area contributed by atoms with Gasteiger partial charge in [0.15, 0.2) is 5.82 Å². The maximum atomic E-state index is 13.2. The van der Waals surface area contributed by atoms with E-state index in [2.05, 4.69) is 58.7 Å². The lowest BCUT2D eigenvalue weighted by Crippen LogP contribution is -2.49. The smallest absolute Gasteiger partial charge is 0.158 e. The largest absolute Gasteiger partial charge is 0.598 e. The van der Waals surface area contributed by atoms with Gasteiger partial charge in [-0.25, -0.2) is 15.0 Å². The highest BCUT2D eigenvalue weighted by molar-refractivity contribution is 9.10. The van der Waals surface area contributed by atoms with Crippen LogP contribution in [0.1, 0.15) is 50.8 Å². The topological polar surface area (TPSA) is 129 Å². The van der Waals surface area contributed by atoms with Crippen LogP contribution < -0.4 is 21.1 Å². The van der Waals surface area contributed by atoms with E-state index in [0.717, 1.165) is 47.5 Å². The third-order valence-corrected chi connectivity index (χ3v) is 10.9. The molecule has 1 aliphatic carbocycles. The number of nitrogens with two attached hydrogens (primary N) is 2. The van der Waals surface area contributed by atoms with Crippen molar-refractivity contribution in [2.75, 3.05) is 29.5 Å². The highest BCUT2D eigenvalue weighted by atomic mass is 79.9. The number of nitrogens with one attached hydrogen (secondary N) is 1. The molecule has 38 heavy (non-hydrogen) atoms. The van der Waals surface area contributed by atoms with Crippen LogP contribution in [0.3, 0.4) is 0 Å². The summed E-state index contributed by atoms with van der Waals surface area (Å²) in [6.07, 6.45) is 6.19. The maximum Gasteiger partial charge on any atom is 0.158 e. The molecule has 1 aromatic carbocycles. The van der Waals surface area contributed by atoms with Crippen molar-refractivity contribution in [2.45, 2.75) is 60.7 Å². The molecule has 5 rings (SSSR count). The van der Waals surface area contributed by atoms with Crippen LogP contribution in [-0.4, -0.2) is 37.3 Å². The van der Waals surface area contributed by atoms with E-state index in [4.69, 9.17) is 23.1 Å². The number of aromatic nitrogens is 3. The fourth-order valence-corrected chi connectivity index (χ4v) is 7.50. The minimum atomic E-state index is -1.18. The van der Waals surface area contributed by atoms with Crippen LogP contribution in [0.2, 0.25) is 5.02 Å². The van der Waals surface area contributed by atoms with E-state index in [1.165, 1.54) is 22.9 Å². The lowest BCUT2D eigenvalue weighted by atomic mass is 9.73. The molecule has 1 saturated heterocycles. The summed E-state index contributed by atoms with van der Waals surface area (Å²) >= 11 is 10.1. The summed E-state index contributed by atoms with van der Waals surface area (Å²) in [5, 5.41) is 0.949. The minimum absolute atomic E-state index is 0.0182. The summed E-state index contributed by atoms with van der Waals surface area (Å²) in [7, 11) is 0. The number of nitrogen functional groups attached to an aromatic ring is 2. The molecule has 0 amide bonds. The third kappa shape index (κ3) is 5.46. The van der Waals surface area contributed by atoms with Crippen LogP contribution in [0.4, 0.5) is 17.5 Å². The Morgan fingerprint density at radius 3 is 2.61 bits per heavy atom. The van der Waals surface area contributed by atoms with E-state index in [1.54, 1.807) is 18.5 Å². The molecular formula is C26H31BrClN7OS2. The molecule has 3 aromatic rings. The van der Waals surface area contributed by atoms with Crippen LogP contribution in [0.25, 0.3) is 0 Å². The normalized spacial score (nSPS) is 19.5. The van der Waals surface area contributed by atoms with E-state index in [9.17, 15) is 4.55 Å². The highest BCUT2D eigenvalue weighted by Gasteiger charge is 2.50. The molecule has 8 nitrogen and oxygen atoms in total. The van der Waals surface area contributed by atoms with Gasteiger partial charge in [0.1, 0.15) is 21.4 Å². The van der Waals surface area contributed by atoms with Crippen LogP contribution in [-0.2, 0) is 17.8 Å². The van der Waals surface area contributed by atoms with Gasteiger partial charge in [0.2, 0.25) is 0 Å². The van der Waals surface area contributed by atoms with Crippen molar-refractivity contribution >= 4 is 68.1 Å². The van der Waals surface area contributed by atoms with Crippen LogP contribution in [0.15, 0.2) is 51.1 Å². The van der Waals surface area contributed by atoms with Gasteiger partial charge in [-0.2, -0.15) is 0 Å². The van der Waals surface area contributed by atoms with Crippen molar-refractivity contribution in [3.05, 3.63) is 57.3 Å². The van der Waals surface area contributed by atoms with Gasteiger partial charge in [-0.1, -0.05) is 45.4 Å². The molecule has 2 atom stereocenters. The van der Waals surface area contributed by atoms with Crippen LogP contribution >= 0.6 is 39.3 Å². The van der Waals surface area contributed by atoms with E-state index in [0.29, 0.717) is 15.9 Å². The number of fused-ring (bicyclic) bond motifs is 1. The number of anilines is 3. The molecule has 3 heterocycles. The molecule has 0 unspecified atom stereocenters. The third-order valence-electron chi connectivity index (χ3n) is 7.28. The zero-order chi connectivity index (χ0) is 27.2. The van der Waals surface area contributed by atoms with E-state index < -0.39 is 11.4 Å². The summed E-state index contributed by atoms with van der Waals surface area (Å²) in [5.41, 5.74) is 14.7. The second-order valence-electron chi connectivity index (χ2n) is 10.8. The van der Waals surface area contributed by atoms with E-state index >= 15 is 0 Å². The van der Waals surface area contributed by atoms with Gasteiger partial charge < -0.3 is 20.9 Å². The molecule has 12 heteroatoms. The lowest BCUT2D eigenvalue weighted by molar-refractivity contribution is 0.176. The molecule has 1 fully saturated rings. The molecule has 2 aromatic heterocycles. The Balaban J connectivity index is 1.33. The van der Waals surface area contributed by atoms with Crippen molar-refractivity contribution in [3.8, 4) is 0 Å². The Bertz CT molecular complexity index is 1350. The molecule has 0 radical (unpaired) electrons. The number of rotatable bonds is 5. The fraction of sp³-hybridized carbons (Fsp3) is 0.423. The fourth-order valence-electron chi connectivity index (χ4n) is 5.16. The Morgan fingerprint density at radius 2 is 1.92 bits per heavy atom. The minimum Gasteiger partial charge on any atom is -0.598 e. The summed E-state index contributed by atoms with van der Waals surface area (Å²) in [6, 6.07) is 8.26. The highest BCUT2D eigenvalue weighted by Crippen LogP contribution is 2.53. The van der Waals surface area contributed by atoms with E-state index in [1.807, 2.05) is 20.8 Å². The molecule has 2 aliphatic rings. The molecule has 5 N–H and O–H groups in total. The molecule has 0 bridgehead atoms. The number of piperidine rings is 1. The summed E-state index contributed by atoms with van der Waals surface area (Å²) in [6.45, 7) is 7.63. The van der Waals surface area contributed by atoms with Gasteiger partial charge in [0.05, 0.1) is 17.3 Å². The Labute approximate surface area is 244 Å². The molecular weight excluding hydrogens is 606 g/mol. The molecule has 0 saturated carbocycles. The van der Waals surface area contributed by atoms with Gasteiger partial charge in [-0.15, -0.1) is 4.72 Å². The number of hydrogen-bond acceptors (Lipinski definition) is 9. The first-order chi connectivity index (χ1) is 18.0. The van der Waals surface area contributed by atoms with Gasteiger partial charge >= 0.3 is 0 Å². The van der Waals surface area contributed by atoms with Crippen molar-refractivity contribution in [1.29, 1.82) is 0 Å². The summed E-state index contributed by atoms with van der Waals surface area (Å²) < 4.78 is 17.4. The van der Waals surface area contributed by atoms with Gasteiger partial charge in [-0.05, 0) is 69.4 Å². The molecule has 1 spiro atoms. The second kappa shape index (κ2) is 10.7. The first kappa shape index (κ1) is 27.8. The number of nitrogens with zero attached hydrogens (tertiary/aromatic N) is 4. The average Bonchev–Trinajstić information content (AvgIpc) is 3.15. The van der Waals surface area contributed by atoms with Crippen molar-refractivity contribution in [1.82, 2.24) is 19.7 Å². The predicted octanol–water partition coefficient (Wildman–Crippen LogP) is 5.54.